The SMILES string of the molecule is CC(C)COC(=O)N1CCCN(C(=O)c2ccc(F)c(C(F)(F)F)c2)CC1. The number of carbonyl (C=O) groups excluding carboxylic acids is 2. The summed E-state index contributed by atoms with van der Waals surface area (Å²) in [7, 11) is 0. The molecule has 1 saturated heterocycles. The van der Waals surface area contributed by atoms with E-state index in [0.717, 1.165) is 6.07 Å². The van der Waals surface area contributed by atoms with Gasteiger partial charge in [0.25, 0.3) is 5.91 Å². The van der Waals surface area contributed by atoms with E-state index < -0.39 is 29.6 Å². The van der Waals surface area contributed by atoms with Crippen molar-refractivity contribution in [1.82, 2.24) is 9.80 Å². The van der Waals surface area contributed by atoms with E-state index in [1.54, 1.807) is 0 Å². The lowest BCUT2D eigenvalue weighted by atomic mass is 10.1. The summed E-state index contributed by atoms with van der Waals surface area (Å²) < 4.78 is 57.1. The number of rotatable bonds is 3. The third-order valence-corrected chi connectivity index (χ3v) is 4.10. The lowest BCUT2D eigenvalue weighted by molar-refractivity contribution is -0.140. The quantitative estimate of drug-likeness (QED) is 0.738. The second-order valence-electron chi connectivity index (χ2n) is 6.80. The summed E-state index contributed by atoms with van der Waals surface area (Å²) in [5, 5.41) is 0. The Bertz CT molecular complexity index is 692. The molecule has 5 nitrogen and oxygen atoms in total. The first-order valence-corrected chi connectivity index (χ1v) is 8.67. The summed E-state index contributed by atoms with van der Waals surface area (Å²) in [6.45, 7) is 5.16. The highest BCUT2D eigenvalue weighted by molar-refractivity contribution is 5.94. The standard InChI is InChI=1S/C18H22F4N2O3/c1-12(2)11-27-17(26)24-7-3-6-23(8-9-24)16(25)13-4-5-15(19)14(10-13)18(20,21)22/h4-5,10,12H,3,6-9,11H2,1-2H3. The van der Waals surface area contributed by atoms with Crippen LogP contribution in [0, 0.1) is 11.7 Å². The Morgan fingerprint density at radius 3 is 2.37 bits per heavy atom. The minimum Gasteiger partial charge on any atom is -0.449 e. The minimum absolute atomic E-state index is 0.161. The van der Waals surface area contributed by atoms with Crippen molar-refractivity contribution in [2.75, 3.05) is 32.8 Å². The van der Waals surface area contributed by atoms with Crippen LogP contribution in [-0.2, 0) is 10.9 Å². The predicted octanol–water partition coefficient (Wildman–Crippen LogP) is 3.79. The molecule has 0 aliphatic carbocycles. The van der Waals surface area contributed by atoms with Gasteiger partial charge in [-0.3, -0.25) is 4.79 Å². The zero-order valence-corrected chi connectivity index (χ0v) is 15.2. The van der Waals surface area contributed by atoms with Gasteiger partial charge in [0, 0.05) is 31.7 Å². The molecule has 1 aliphatic heterocycles. The topological polar surface area (TPSA) is 49.9 Å². The van der Waals surface area contributed by atoms with Crippen LogP contribution in [0.1, 0.15) is 36.2 Å². The fraction of sp³-hybridized carbons (Fsp3) is 0.556. The van der Waals surface area contributed by atoms with E-state index >= 15 is 0 Å². The maximum absolute atomic E-state index is 13.4. The molecule has 0 spiro atoms. The highest BCUT2D eigenvalue weighted by Crippen LogP contribution is 2.32. The third kappa shape index (κ3) is 5.58. The minimum atomic E-state index is -4.88. The van der Waals surface area contributed by atoms with E-state index in [1.165, 1.54) is 9.80 Å². The second kappa shape index (κ2) is 8.58. The number of ether oxygens (including phenoxy) is 1. The van der Waals surface area contributed by atoms with Crippen LogP contribution in [0.2, 0.25) is 0 Å². The van der Waals surface area contributed by atoms with Gasteiger partial charge in [0.2, 0.25) is 0 Å². The first-order valence-electron chi connectivity index (χ1n) is 8.67. The van der Waals surface area contributed by atoms with Crippen molar-refractivity contribution in [3.63, 3.8) is 0 Å². The fourth-order valence-corrected chi connectivity index (χ4v) is 2.69. The maximum atomic E-state index is 13.4. The van der Waals surface area contributed by atoms with Crippen molar-refractivity contribution in [2.24, 2.45) is 5.92 Å². The highest BCUT2D eigenvalue weighted by Gasteiger charge is 2.35. The monoisotopic (exact) mass is 390 g/mol. The van der Waals surface area contributed by atoms with Crippen LogP contribution in [0.5, 0.6) is 0 Å². The first-order chi connectivity index (χ1) is 12.6. The van der Waals surface area contributed by atoms with Crippen molar-refractivity contribution in [3.8, 4) is 0 Å². The van der Waals surface area contributed by atoms with Crippen molar-refractivity contribution in [3.05, 3.63) is 35.1 Å². The molecule has 1 aromatic rings. The maximum Gasteiger partial charge on any atom is 0.419 e. The normalized spacial score (nSPS) is 15.7. The number of hydrogen-bond acceptors (Lipinski definition) is 3. The van der Waals surface area contributed by atoms with Crippen molar-refractivity contribution in [2.45, 2.75) is 26.4 Å². The van der Waals surface area contributed by atoms with E-state index in [4.69, 9.17) is 4.74 Å². The molecule has 0 bridgehead atoms. The van der Waals surface area contributed by atoms with Crippen LogP contribution in [0.25, 0.3) is 0 Å². The summed E-state index contributed by atoms with van der Waals surface area (Å²) in [5.74, 6) is -1.85. The van der Waals surface area contributed by atoms with Gasteiger partial charge in [-0.2, -0.15) is 13.2 Å². The number of carbonyl (C=O) groups is 2. The van der Waals surface area contributed by atoms with Gasteiger partial charge in [-0.05, 0) is 30.5 Å². The summed E-state index contributed by atoms with van der Waals surface area (Å²) in [4.78, 5) is 27.4. The molecule has 9 heteroatoms. The van der Waals surface area contributed by atoms with Crippen molar-refractivity contribution in [1.29, 1.82) is 0 Å². The lowest BCUT2D eigenvalue weighted by Gasteiger charge is -2.22. The molecule has 1 fully saturated rings. The molecule has 27 heavy (non-hydrogen) atoms. The van der Waals surface area contributed by atoms with Gasteiger partial charge in [-0.1, -0.05) is 13.8 Å². The predicted molar refractivity (Wildman–Crippen MR) is 89.7 cm³/mol. The van der Waals surface area contributed by atoms with Gasteiger partial charge < -0.3 is 14.5 Å². The van der Waals surface area contributed by atoms with Gasteiger partial charge in [-0.25, -0.2) is 9.18 Å². The van der Waals surface area contributed by atoms with E-state index in [0.29, 0.717) is 25.1 Å². The molecule has 1 aromatic carbocycles. The molecule has 1 heterocycles. The molecule has 1 aliphatic rings. The summed E-state index contributed by atoms with van der Waals surface area (Å²) >= 11 is 0. The third-order valence-electron chi connectivity index (χ3n) is 4.10. The lowest BCUT2D eigenvalue weighted by Crippen LogP contribution is -2.38. The molecule has 0 radical (unpaired) electrons. The average molecular weight is 390 g/mol. The number of nitrogens with zero attached hydrogens (tertiary/aromatic N) is 2. The number of benzene rings is 1. The van der Waals surface area contributed by atoms with E-state index in [9.17, 15) is 27.2 Å². The molecule has 0 unspecified atom stereocenters. The van der Waals surface area contributed by atoms with E-state index in [-0.39, 0.29) is 37.7 Å². The van der Waals surface area contributed by atoms with Gasteiger partial charge >= 0.3 is 12.3 Å². The Hall–Kier alpha value is -2.32. The van der Waals surface area contributed by atoms with Gasteiger partial charge in [-0.15, -0.1) is 0 Å². The van der Waals surface area contributed by atoms with Gasteiger partial charge in [0.05, 0.1) is 12.2 Å². The molecule has 150 valence electrons. The molecular formula is C18H22F4N2O3. The zero-order chi connectivity index (χ0) is 20.2. The van der Waals surface area contributed by atoms with Crippen LogP contribution in [0.4, 0.5) is 22.4 Å². The Balaban J connectivity index is 2.05. The van der Waals surface area contributed by atoms with Crippen LogP contribution >= 0.6 is 0 Å². The van der Waals surface area contributed by atoms with Crippen molar-refractivity contribution >= 4 is 12.0 Å². The van der Waals surface area contributed by atoms with Gasteiger partial charge in [0.15, 0.2) is 0 Å². The zero-order valence-electron chi connectivity index (χ0n) is 15.2. The van der Waals surface area contributed by atoms with Crippen LogP contribution in [0.15, 0.2) is 18.2 Å². The molecule has 2 rings (SSSR count). The summed E-state index contributed by atoms with van der Waals surface area (Å²) in [5.41, 5.74) is -1.71. The summed E-state index contributed by atoms with van der Waals surface area (Å²) in [6, 6.07) is 2.20. The Labute approximate surface area is 154 Å². The molecule has 0 atom stereocenters. The van der Waals surface area contributed by atoms with Crippen LogP contribution in [0.3, 0.4) is 0 Å². The second-order valence-corrected chi connectivity index (χ2v) is 6.80. The Morgan fingerprint density at radius 2 is 1.74 bits per heavy atom. The average Bonchev–Trinajstić information content (AvgIpc) is 2.84. The number of alkyl halides is 3. The Morgan fingerprint density at radius 1 is 1.11 bits per heavy atom. The molecule has 0 aromatic heterocycles. The van der Waals surface area contributed by atoms with Crippen LogP contribution < -0.4 is 0 Å². The number of halogens is 4. The van der Waals surface area contributed by atoms with Crippen molar-refractivity contribution < 1.29 is 31.9 Å². The Kier molecular flexibility index (Phi) is 6.67. The highest BCUT2D eigenvalue weighted by atomic mass is 19.4. The largest absolute Gasteiger partial charge is 0.449 e. The molecule has 0 N–H and O–H groups in total. The van der Waals surface area contributed by atoms with E-state index in [2.05, 4.69) is 0 Å². The fourth-order valence-electron chi connectivity index (χ4n) is 2.69. The summed E-state index contributed by atoms with van der Waals surface area (Å²) in [6.07, 6.45) is -4.88. The number of amides is 2. The number of hydrogen-bond donors (Lipinski definition) is 0. The smallest absolute Gasteiger partial charge is 0.419 e. The van der Waals surface area contributed by atoms with E-state index in [1.807, 2.05) is 13.8 Å². The first kappa shape index (κ1) is 21.0. The molecule has 2 amide bonds. The molecule has 0 saturated carbocycles. The van der Waals surface area contributed by atoms with Gasteiger partial charge in [0.1, 0.15) is 5.82 Å². The van der Waals surface area contributed by atoms with Crippen LogP contribution in [-0.4, -0.2) is 54.6 Å². The molecular weight excluding hydrogens is 368 g/mol.